The first kappa shape index (κ1) is 13.7. The van der Waals surface area contributed by atoms with Crippen molar-refractivity contribution in [2.24, 2.45) is 0 Å². The Hall–Kier alpha value is -0.300. The predicted octanol–water partition coefficient (Wildman–Crippen LogP) is 4.06. The molecule has 0 aliphatic heterocycles. The SMILES string of the molecule is C/C=C\C[C@@H](O)CCCCCCCC. The fraction of sp³-hybridized carbons (Fsp3) is 0.846. The first-order valence-corrected chi connectivity index (χ1v) is 6.10. The normalized spacial score (nSPS) is 13.6. The van der Waals surface area contributed by atoms with Gasteiger partial charge in [-0.15, -0.1) is 0 Å². The minimum atomic E-state index is -0.114. The molecule has 0 rings (SSSR count). The minimum absolute atomic E-state index is 0.114. The van der Waals surface area contributed by atoms with E-state index in [9.17, 15) is 5.11 Å². The number of aliphatic hydroxyl groups is 1. The van der Waals surface area contributed by atoms with Crippen molar-refractivity contribution in [3.8, 4) is 0 Å². The highest BCUT2D eigenvalue weighted by Crippen LogP contribution is 2.10. The largest absolute Gasteiger partial charge is 0.393 e. The highest BCUT2D eigenvalue weighted by atomic mass is 16.3. The molecule has 0 radical (unpaired) electrons. The van der Waals surface area contributed by atoms with E-state index in [1.54, 1.807) is 0 Å². The Morgan fingerprint density at radius 3 is 2.36 bits per heavy atom. The molecule has 0 aromatic rings. The van der Waals surface area contributed by atoms with E-state index >= 15 is 0 Å². The zero-order valence-electron chi connectivity index (χ0n) is 9.84. The maximum atomic E-state index is 9.53. The molecule has 0 aliphatic carbocycles. The lowest BCUT2D eigenvalue weighted by molar-refractivity contribution is 0.163. The Labute approximate surface area is 89.2 Å². The van der Waals surface area contributed by atoms with Crippen LogP contribution in [0, 0.1) is 0 Å². The summed E-state index contributed by atoms with van der Waals surface area (Å²) in [5.41, 5.74) is 0. The Kier molecular flexibility index (Phi) is 10.5. The summed E-state index contributed by atoms with van der Waals surface area (Å²) in [7, 11) is 0. The average molecular weight is 198 g/mol. The molecule has 0 fully saturated rings. The van der Waals surface area contributed by atoms with Crippen LogP contribution in [0.4, 0.5) is 0 Å². The topological polar surface area (TPSA) is 20.2 Å². The molecule has 0 unspecified atom stereocenters. The van der Waals surface area contributed by atoms with Crippen molar-refractivity contribution in [2.45, 2.75) is 71.3 Å². The van der Waals surface area contributed by atoms with Gasteiger partial charge in [0.05, 0.1) is 6.10 Å². The molecule has 0 amide bonds. The van der Waals surface area contributed by atoms with Crippen LogP contribution in [-0.4, -0.2) is 11.2 Å². The molecule has 0 aliphatic rings. The number of hydrogen-bond donors (Lipinski definition) is 1. The summed E-state index contributed by atoms with van der Waals surface area (Å²) in [5, 5.41) is 9.53. The summed E-state index contributed by atoms with van der Waals surface area (Å²) in [4.78, 5) is 0. The second-order valence-electron chi connectivity index (χ2n) is 4.02. The maximum absolute atomic E-state index is 9.53. The molecular weight excluding hydrogens is 172 g/mol. The van der Waals surface area contributed by atoms with Crippen molar-refractivity contribution in [1.29, 1.82) is 0 Å². The van der Waals surface area contributed by atoms with Gasteiger partial charge in [-0.3, -0.25) is 0 Å². The fourth-order valence-corrected chi connectivity index (χ4v) is 1.57. The second-order valence-corrected chi connectivity index (χ2v) is 4.02. The Bertz CT molecular complexity index is 129. The summed E-state index contributed by atoms with van der Waals surface area (Å²) in [6.45, 7) is 4.23. The Morgan fingerprint density at radius 2 is 1.71 bits per heavy atom. The molecule has 84 valence electrons. The van der Waals surface area contributed by atoms with Crippen LogP contribution >= 0.6 is 0 Å². The number of aliphatic hydroxyl groups excluding tert-OH is 1. The molecule has 1 nitrogen and oxygen atoms in total. The van der Waals surface area contributed by atoms with Crippen molar-refractivity contribution >= 4 is 0 Å². The summed E-state index contributed by atoms with van der Waals surface area (Å²) >= 11 is 0. The van der Waals surface area contributed by atoms with Gasteiger partial charge in [-0.05, 0) is 19.8 Å². The van der Waals surface area contributed by atoms with E-state index in [1.165, 1.54) is 38.5 Å². The average Bonchev–Trinajstić information content (AvgIpc) is 2.20. The summed E-state index contributed by atoms with van der Waals surface area (Å²) in [5.74, 6) is 0. The number of allylic oxidation sites excluding steroid dienone is 1. The van der Waals surface area contributed by atoms with Gasteiger partial charge in [0.15, 0.2) is 0 Å². The van der Waals surface area contributed by atoms with Crippen molar-refractivity contribution in [3.63, 3.8) is 0 Å². The molecule has 0 aromatic heterocycles. The molecule has 0 spiro atoms. The second kappa shape index (κ2) is 10.8. The van der Waals surface area contributed by atoms with Gasteiger partial charge in [0.25, 0.3) is 0 Å². The van der Waals surface area contributed by atoms with E-state index in [4.69, 9.17) is 0 Å². The van der Waals surface area contributed by atoms with E-state index < -0.39 is 0 Å². The Morgan fingerprint density at radius 1 is 1.07 bits per heavy atom. The summed E-state index contributed by atoms with van der Waals surface area (Å²) in [6.07, 6.45) is 13.6. The van der Waals surface area contributed by atoms with Crippen molar-refractivity contribution in [3.05, 3.63) is 12.2 Å². The van der Waals surface area contributed by atoms with Gasteiger partial charge in [-0.25, -0.2) is 0 Å². The van der Waals surface area contributed by atoms with Gasteiger partial charge in [-0.1, -0.05) is 57.6 Å². The molecule has 0 aromatic carbocycles. The zero-order chi connectivity index (χ0) is 10.6. The molecule has 0 heterocycles. The van der Waals surface area contributed by atoms with Gasteiger partial charge >= 0.3 is 0 Å². The number of unbranched alkanes of at least 4 members (excludes halogenated alkanes) is 5. The van der Waals surface area contributed by atoms with Crippen molar-refractivity contribution < 1.29 is 5.11 Å². The van der Waals surface area contributed by atoms with E-state index in [0.717, 1.165) is 12.8 Å². The lowest BCUT2D eigenvalue weighted by atomic mass is 10.1. The third kappa shape index (κ3) is 9.79. The van der Waals surface area contributed by atoms with Crippen LogP contribution in [0.5, 0.6) is 0 Å². The lowest BCUT2D eigenvalue weighted by Crippen LogP contribution is -2.04. The quantitative estimate of drug-likeness (QED) is 0.437. The van der Waals surface area contributed by atoms with Gasteiger partial charge in [0.1, 0.15) is 0 Å². The molecule has 1 N–H and O–H groups in total. The fourth-order valence-electron chi connectivity index (χ4n) is 1.57. The monoisotopic (exact) mass is 198 g/mol. The van der Waals surface area contributed by atoms with Gasteiger partial charge in [0, 0.05) is 0 Å². The Balaban J connectivity index is 3.10. The minimum Gasteiger partial charge on any atom is -0.393 e. The smallest absolute Gasteiger partial charge is 0.0574 e. The van der Waals surface area contributed by atoms with E-state index in [0.29, 0.717) is 0 Å². The molecule has 1 atom stereocenters. The van der Waals surface area contributed by atoms with Gasteiger partial charge in [-0.2, -0.15) is 0 Å². The van der Waals surface area contributed by atoms with Crippen LogP contribution in [0.1, 0.15) is 65.2 Å². The highest BCUT2D eigenvalue weighted by Gasteiger charge is 2.00. The highest BCUT2D eigenvalue weighted by molar-refractivity contribution is 4.79. The van der Waals surface area contributed by atoms with E-state index in [2.05, 4.69) is 6.92 Å². The lowest BCUT2D eigenvalue weighted by Gasteiger charge is -2.07. The number of hydrogen-bond acceptors (Lipinski definition) is 1. The first-order valence-electron chi connectivity index (χ1n) is 6.10. The summed E-state index contributed by atoms with van der Waals surface area (Å²) in [6, 6.07) is 0. The van der Waals surface area contributed by atoms with Crippen LogP contribution in [0.25, 0.3) is 0 Å². The summed E-state index contributed by atoms with van der Waals surface area (Å²) < 4.78 is 0. The molecular formula is C13H26O. The van der Waals surface area contributed by atoms with Crippen LogP contribution in [0.3, 0.4) is 0 Å². The molecule has 1 heteroatoms. The third-order valence-electron chi connectivity index (χ3n) is 2.53. The van der Waals surface area contributed by atoms with Crippen LogP contribution in [0.15, 0.2) is 12.2 Å². The van der Waals surface area contributed by atoms with Gasteiger partial charge in [0.2, 0.25) is 0 Å². The molecule has 0 saturated carbocycles. The van der Waals surface area contributed by atoms with Crippen molar-refractivity contribution in [2.75, 3.05) is 0 Å². The van der Waals surface area contributed by atoms with E-state index in [-0.39, 0.29) is 6.10 Å². The van der Waals surface area contributed by atoms with Crippen LogP contribution in [0.2, 0.25) is 0 Å². The van der Waals surface area contributed by atoms with Crippen LogP contribution in [-0.2, 0) is 0 Å². The molecule has 14 heavy (non-hydrogen) atoms. The molecule has 0 bridgehead atoms. The van der Waals surface area contributed by atoms with Crippen molar-refractivity contribution in [1.82, 2.24) is 0 Å². The predicted molar refractivity (Wildman–Crippen MR) is 63.4 cm³/mol. The first-order chi connectivity index (χ1) is 6.81. The van der Waals surface area contributed by atoms with E-state index in [1.807, 2.05) is 19.1 Å². The molecule has 0 saturated heterocycles. The van der Waals surface area contributed by atoms with Gasteiger partial charge < -0.3 is 5.11 Å². The number of rotatable bonds is 9. The van der Waals surface area contributed by atoms with Crippen LogP contribution < -0.4 is 0 Å². The maximum Gasteiger partial charge on any atom is 0.0574 e. The third-order valence-corrected chi connectivity index (χ3v) is 2.53. The zero-order valence-corrected chi connectivity index (χ0v) is 9.84. The standard InChI is InChI=1S/C13H26O/c1-3-5-7-8-9-10-12-13(14)11-6-4-2/h4,6,13-14H,3,5,7-12H2,1-2H3/b6-4-/t13-/m1/s1.